The molecule has 2 aromatic heterocycles. The Balaban J connectivity index is 0.000000363. The van der Waals surface area contributed by atoms with E-state index in [4.69, 9.17) is 4.74 Å². The number of ether oxygens (including phenoxy) is 1. The Labute approximate surface area is 386 Å². The van der Waals surface area contributed by atoms with Crippen LogP contribution in [0.5, 0.6) is 0 Å². The second-order valence-corrected chi connectivity index (χ2v) is 21.2. The Morgan fingerprint density at radius 1 is 0.500 bits per heavy atom. The first-order valence-corrected chi connectivity index (χ1v) is 25.2. The van der Waals surface area contributed by atoms with Crippen LogP contribution in [0.15, 0.2) is 36.8 Å². The smallest absolute Gasteiger partial charge is 0.110 e. The largest absolute Gasteiger partial charge is 0.381 e. The molecule has 0 saturated carbocycles. The van der Waals surface area contributed by atoms with Gasteiger partial charge in [-0.3, -0.25) is 9.88 Å². The van der Waals surface area contributed by atoms with Crippen molar-refractivity contribution in [3.05, 3.63) is 48.3 Å². The number of imidazole rings is 1. The molecule has 0 N–H and O–H groups in total. The van der Waals surface area contributed by atoms with Gasteiger partial charge in [-0.25, -0.2) is 4.98 Å². The molecule has 7 heterocycles. The molecule has 0 amide bonds. The molecule has 362 valence electrons. The summed E-state index contributed by atoms with van der Waals surface area (Å²) in [5.41, 5.74) is 1.16. The Kier molecular flexibility index (Phi) is 30.7. The van der Waals surface area contributed by atoms with Crippen LogP contribution in [-0.4, -0.2) is 151 Å². The van der Waals surface area contributed by atoms with E-state index in [1.54, 1.807) is 0 Å². The molecule has 2 aromatic rings. The summed E-state index contributed by atoms with van der Waals surface area (Å²) in [6.45, 7) is 46.3. The number of likely N-dealkylation sites (tertiary alicyclic amines) is 3. The predicted molar refractivity (Wildman–Crippen MR) is 270 cm³/mol. The molecule has 5 aliphatic rings. The third-order valence-corrected chi connectivity index (χ3v) is 13.4. The maximum absolute atomic E-state index is 5.00. The Hall–Kier alpha value is -1.88. The van der Waals surface area contributed by atoms with Gasteiger partial charge in [0.05, 0.1) is 13.2 Å². The summed E-state index contributed by atoms with van der Waals surface area (Å²) in [7, 11) is 8.61. The van der Waals surface area contributed by atoms with Crippen LogP contribution < -0.4 is 0 Å². The predicted octanol–water partition coefficient (Wildman–Crippen LogP) is 10.7. The lowest BCUT2D eigenvalue weighted by Crippen LogP contribution is -2.47. The highest BCUT2D eigenvalue weighted by atomic mass is 16.5. The highest BCUT2D eigenvalue weighted by Gasteiger charge is 2.25. The fourth-order valence-corrected chi connectivity index (χ4v) is 7.93. The van der Waals surface area contributed by atoms with Crippen LogP contribution >= 0.6 is 0 Å². The van der Waals surface area contributed by atoms with Crippen molar-refractivity contribution in [3.8, 4) is 0 Å². The summed E-state index contributed by atoms with van der Waals surface area (Å²) in [5.74, 6) is 7.69. The average Bonchev–Trinajstić information content (AvgIpc) is 3.64. The van der Waals surface area contributed by atoms with Crippen molar-refractivity contribution in [2.75, 3.05) is 99.8 Å². The zero-order chi connectivity index (χ0) is 46.8. The fraction of sp³-hybridized carbons (Fsp3) is 0.849. The first-order chi connectivity index (χ1) is 29.2. The molecule has 0 unspecified atom stereocenters. The molecule has 5 aliphatic heterocycles. The summed E-state index contributed by atoms with van der Waals surface area (Å²) < 4.78 is 7.04. The number of aromatic nitrogens is 3. The maximum atomic E-state index is 5.00. The van der Waals surface area contributed by atoms with E-state index in [0.717, 1.165) is 72.3 Å². The van der Waals surface area contributed by atoms with E-state index in [9.17, 15) is 0 Å². The summed E-state index contributed by atoms with van der Waals surface area (Å²) in [6.07, 6.45) is 12.7. The third-order valence-electron chi connectivity index (χ3n) is 13.4. The van der Waals surface area contributed by atoms with E-state index in [1.165, 1.54) is 97.6 Å². The van der Waals surface area contributed by atoms with Gasteiger partial charge in [0, 0.05) is 94.5 Å². The van der Waals surface area contributed by atoms with Crippen molar-refractivity contribution in [1.82, 2.24) is 39.0 Å². The number of nitrogens with zero attached hydrogens (tertiary/aromatic N) is 8. The lowest BCUT2D eigenvalue weighted by atomic mass is 9.87. The third kappa shape index (κ3) is 25.6. The Bertz CT molecular complexity index is 1270. The second kappa shape index (κ2) is 32.7. The van der Waals surface area contributed by atoms with Gasteiger partial charge in [-0.15, -0.1) is 0 Å². The fourth-order valence-electron chi connectivity index (χ4n) is 7.93. The molecule has 0 spiro atoms. The van der Waals surface area contributed by atoms with Gasteiger partial charge in [0.25, 0.3) is 0 Å². The topological polar surface area (TPSA) is 56.1 Å². The summed E-state index contributed by atoms with van der Waals surface area (Å²) in [4.78, 5) is 20.6. The van der Waals surface area contributed by atoms with E-state index in [2.05, 4.69) is 153 Å². The minimum Gasteiger partial charge on any atom is -0.381 e. The Morgan fingerprint density at radius 3 is 1.27 bits per heavy atom. The van der Waals surface area contributed by atoms with Crippen LogP contribution in [0, 0.1) is 35.5 Å². The van der Waals surface area contributed by atoms with Gasteiger partial charge >= 0.3 is 0 Å². The molecule has 0 radical (unpaired) electrons. The molecule has 0 aliphatic carbocycles. The van der Waals surface area contributed by atoms with Crippen molar-refractivity contribution in [1.29, 1.82) is 0 Å². The van der Waals surface area contributed by atoms with E-state index in [0.29, 0.717) is 11.8 Å². The number of hydrogen-bond acceptors (Lipinski definition) is 8. The number of piperazine rings is 1. The average molecular weight is 869 g/mol. The van der Waals surface area contributed by atoms with Crippen molar-refractivity contribution in [2.45, 2.75) is 153 Å². The normalized spacial score (nSPS) is 19.8. The number of hydrogen-bond donors (Lipinski definition) is 0. The first kappa shape index (κ1) is 58.1. The van der Waals surface area contributed by atoms with Gasteiger partial charge in [-0.05, 0) is 148 Å². The number of aryl methyl sites for hydroxylation is 1. The molecule has 0 aromatic carbocycles. The van der Waals surface area contributed by atoms with Crippen molar-refractivity contribution in [2.24, 2.45) is 42.6 Å². The van der Waals surface area contributed by atoms with Gasteiger partial charge in [-0.1, -0.05) is 81.7 Å². The van der Waals surface area contributed by atoms with E-state index < -0.39 is 0 Å². The quantitative estimate of drug-likeness (QED) is 0.273. The van der Waals surface area contributed by atoms with Gasteiger partial charge in [0.1, 0.15) is 5.82 Å². The lowest BCUT2D eigenvalue weighted by Gasteiger charge is -2.38. The monoisotopic (exact) mass is 869 g/mol. The number of likely N-dealkylation sites (N-methyl/N-ethyl adjacent to an activating group) is 1. The van der Waals surface area contributed by atoms with Gasteiger partial charge < -0.3 is 28.9 Å². The minimum absolute atomic E-state index is 0.532. The lowest BCUT2D eigenvalue weighted by molar-refractivity contribution is -0.0534. The van der Waals surface area contributed by atoms with Crippen LogP contribution in [0.1, 0.15) is 152 Å². The van der Waals surface area contributed by atoms with Crippen LogP contribution in [0.3, 0.4) is 0 Å². The summed E-state index contributed by atoms with van der Waals surface area (Å²) >= 11 is 0. The van der Waals surface area contributed by atoms with E-state index >= 15 is 0 Å². The maximum Gasteiger partial charge on any atom is 0.110 e. The van der Waals surface area contributed by atoms with Gasteiger partial charge in [-0.2, -0.15) is 0 Å². The molecule has 9 heteroatoms. The zero-order valence-electron chi connectivity index (χ0n) is 44.2. The van der Waals surface area contributed by atoms with Crippen molar-refractivity contribution < 1.29 is 4.74 Å². The first-order valence-electron chi connectivity index (χ1n) is 25.2. The SMILES string of the molecule is CC(C)C1CCN(C)CC1.CC(C)C1CN(C)C1.CC(C)C1COC1.CC(C)N1CCCCC1.CC(C)N1CCN(C)CC1.CC(C)c1ccccn1.CC(C)c1nccn1C. The van der Waals surface area contributed by atoms with Crippen LogP contribution in [0.2, 0.25) is 0 Å². The molecule has 0 bridgehead atoms. The highest BCUT2D eigenvalue weighted by molar-refractivity contribution is 5.06. The molecule has 0 atom stereocenters. The van der Waals surface area contributed by atoms with Crippen molar-refractivity contribution >= 4 is 0 Å². The Morgan fingerprint density at radius 2 is 1.00 bits per heavy atom. The molecule has 62 heavy (non-hydrogen) atoms. The van der Waals surface area contributed by atoms with E-state index in [1.807, 2.05) is 48.4 Å². The number of piperidine rings is 2. The van der Waals surface area contributed by atoms with Crippen LogP contribution in [0.4, 0.5) is 0 Å². The number of pyridine rings is 1. The van der Waals surface area contributed by atoms with Gasteiger partial charge in [0.2, 0.25) is 0 Å². The second-order valence-electron chi connectivity index (χ2n) is 21.2. The molecular formula is C53H104N8O. The van der Waals surface area contributed by atoms with Gasteiger partial charge in [0.15, 0.2) is 0 Å². The highest BCUT2D eigenvalue weighted by Crippen LogP contribution is 2.23. The zero-order valence-corrected chi connectivity index (χ0v) is 44.2. The van der Waals surface area contributed by atoms with E-state index in [-0.39, 0.29) is 0 Å². The summed E-state index contributed by atoms with van der Waals surface area (Å²) in [5, 5.41) is 0. The molecular weight excluding hydrogens is 765 g/mol. The molecule has 7 rings (SSSR count). The molecule has 9 nitrogen and oxygen atoms in total. The minimum atomic E-state index is 0.532. The summed E-state index contributed by atoms with van der Waals surface area (Å²) in [6, 6.07) is 7.50. The van der Waals surface area contributed by atoms with Crippen molar-refractivity contribution in [3.63, 3.8) is 0 Å². The molecule has 5 fully saturated rings. The van der Waals surface area contributed by atoms with Crippen LogP contribution in [-0.2, 0) is 11.8 Å². The standard InChI is InChI=1S/C9H19N.C8H18N2.C8H17N.C8H11N.C7H12N2.C7H15N.C6H12O/c1-8(2)9-4-6-10(3)7-5-9;1-8(2)10-6-4-9(3)5-7-10;1-8(2)9-6-4-3-5-7-9;1-7(2)8-5-3-4-6-9-8;1-6(2)7-8-4-5-9(7)3;1-6(2)7-4-8(3)5-7;1-5(2)6-3-7-4-6/h8-9H,4-7H2,1-3H3;8H,4-7H2,1-3H3;8H,3-7H2,1-2H3;3-7H,1-2H3;4-6H,1-3H3;6-7H,4-5H2,1-3H3;5-6H,3-4H2,1-2H3. The number of rotatable bonds is 7. The van der Waals surface area contributed by atoms with Crippen LogP contribution in [0.25, 0.3) is 0 Å². The molecule has 5 saturated heterocycles.